The lowest BCUT2D eigenvalue weighted by atomic mass is 9.82. The molecule has 4 atom stereocenters. The Bertz CT molecular complexity index is 4900. The third kappa shape index (κ3) is 20.6. The van der Waals surface area contributed by atoms with Crippen molar-refractivity contribution in [2.75, 3.05) is 37.1 Å². The van der Waals surface area contributed by atoms with Gasteiger partial charge in [-0.25, -0.2) is 17.5 Å². The maximum absolute atomic E-state index is 13.4. The molecule has 0 spiro atoms. The fourth-order valence-electron chi connectivity index (χ4n) is 9.71. The highest BCUT2D eigenvalue weighted by Gasteiger charge is 2.52. The Kier molecular flexibility index (Phi) is 29.7. The quantitative estimate of drug-likeness (QED) is 0.0754. The fourth-order valence-corrected chi connectivity index (χ4v) is 18.8. The molecule has 5 N–H and O–H groups in total. The zero-order chi connectivity index (χ0) is 74.3. The molecule has 0 radical (unpaired) electrons. The number of allylic oxidation sites excluding steroid dienone is 1. The van der Waals surface area contributed by atoms with E-state index in [1.165, 1.54) is 86.3 Å². The van der Waals surface area contributed by atoms with Gasteiger partial charge in [0.2, 0.25) is 11.8 Å². The minimum atomic E-state index is -4.11. The number of hydrogen-bond donors (Lipinski definition) is 5. The predicted molar refractivity (Wildman–Crippen MR) is 418 cm³/mol. The molecule has 564 valence electrons. The van der Waals surface area contributed by atoms with Crippen molar-refractivity contribution in [3.63, 3.8) is 0 Å². The maximum atomic E-state index is 13.4. The van der Waals surface area contributed by atoms with E-state index in [-0.39, 0.29) is 97.0 Å². The van der Waals surface area contributed by atoms with Gasteiger partial charge in [-0.15, -0.1) is 38.4 Å². The molecule has 42 heteroatoms. The zero-order valence-corrected chi connectivity index (χ0v) is 66.4. The summed E-state index contributed by atoms with van der Waals surface area (Å²) in [5, 5.41) is 15.5. The number of aromatic nitrogens is 4. The Labute approximate surface area is 660 Å². The van der Waals surface area contributed by atoms with E-state index in [0.717, 1.165) is 59.0 Å². The number of nitrogens with one attached hydrogen (secondary N) is 5. The van der Waals surface area contributed by atoms with Gasteiger partial charge < -0.3 is 25.3 Å². The Balaban J connectivity index is 0.000000221. The summed E-state index contributed by atoms with van der Waals surface area (Å²) in [6, 6.07) is 13.0. The number of nitrogens with zero attached hydrogens (tertiary/aromatic N) is 8. The Hall–Kier alpha value is -5.04. The smallest absolute Gasteiger partial charge is 0.399 e. The van der Waals surface area contributed by atoms with Crippen LogP contribution in [-0.4, -0.2) is 133 Å². The standard InChI is InChI=1S/C19H18Cl2FN5O3S2.C15H13BrCl2FN3O3S2.C15H9BrCl2FN3O3S2.C10H17BN2O2.3CH4/c1-26-9-10(8-23-26)12-6-17(31-18(12)21)15-7-16(27(2)32(29,30)25-15)19(28)24-11-3-4-14(22)13(20)5-11;2*1-22-12(15(23)20-7-2-3-10(19)9(17)4-7)6-11(21-27(22,24)25)13-5-8(16)14(18)26-13;1-9(2)10(3,4)15-11(14-9)8-6-12-13(5)7-8;;;/h3-6,8-9,15-16,25H,7H2,1-2H3,(H,24,28);2-5,11-12,21H,6H2,1H3,(H,20,23);2-6H,1H3,(H,20,23);6-7H,1-5H3;3*1H4. The molecule has 4 unspecified atom stereocenters. The number of rotatable bonds is 11. The van der Waals surface area contributed by atoms with Crippen LogP contribution in [0.25, 0.3) is 11.1 Å². The molecular weight excluding hydrogens is 1740 g/mol. The average molecular weight is 1810 g/mol. The van der Waals surface area contributed by atoms with Crippen molar-refractivity contribution < 1.29 is 62.1 Å². The van der Waals surface area contributed by atoms with Crippen LogP contribution < -0.4 is 30.9 Å². The SMILES string of the molecule is C.C.C.CN1C(C(=O)Nc2ccc(F)c(Cl)c2)=CC(c2cc(Br)c(Cl)s2)=NS1(=O)=O.CN1C(C(=O)Nc2ccc(F)c(Cl)c2)CC(c2cc(-c3cnn(C)c3)c(Cl)s2)NS1(=O)=O.CN1C(C(=O)Nc2ccc(F)c(Cl)c2)CC(c2cc(Br)c(Cl)s2)NS1(=O)=O.Cn1cc(B2OC(C)(C)C(C)(C)O2)cn1. The first-order valence-electron chi connectivity index (χ1n) is 29.1. The Morgan fingerprint density at radius 2 is 1.02 bits per heavy atom. The van der Waals surface area contributed by atoms with E-state index in [1.807, 2.05) is 40.9 Å². The first-order chi connectivity index (χ1) is 47.0. The summed E-state index contributed by atoms with van der Waals surface area (Å²) in [6.07, 6.45) is 8.86. The molecule has 5 aromatic heterocycles. The predicted octanol–water partition coefficient (Wildman–Crippen LogP) is 15.1. The van der Waals surface area contributed by atoms with Crippen molar-refractivity contribution in [2.24, 2.45) is 18.5 Å². The number of thiophene rings is 3. The van der Waals surface area contributed by atoms with Crippen LogP contribution in [0.1, 0.15) is 89.5 Å². The maximum Gasteiger partial charge on any atom is 0.498 e. The van der Waals surface area contributed by atoms with Gasteiger partial charge in [0.15, 0.2) is 0 Å². The van der Waals surface area contributed by atoms with E-state index in [2.05, 4.69) is 71.8 Å². The van der Waals surface area contributed by atoms with Crippen molar-refractivity contribution >= 4 is 219 Å². The lowest BCUT2D eigenvalue weighted by Gasteiger charge is -2.35. The summed E-state index contributed by atoms with van der Waals surface area (Å²) in [7, 11) is -4.72. The average Bonchev–Trinajstić information content (AvgIpc) is 1.52. The number of benzene rings is 3. The van der Waals surface area contributed by atoms with Crippen molar-refractivity contribution in [3.8, 4) is 11.1 Å². The molecule has 24 nitrogen and oxygen atoms in total. The van der Waals surface area contributed by atoms with Gasteiger partial charge >= 0.3 is 17.3 Å². The molecule has 12 rings (SSSR count). The number of carbonyl (C=O) groups is 3. The third-order valence-corrected chi connectivity index (χ3v) is 27.9. The van der Waals surface area contributed by atoms with E-state index >= 15 is 0 Å². The Morgan fingerprint density at radius 1 is 0.596 bits per heavy atom. The van der Waals surface area contributed by atoms with Gasteiger partial charge in [0, 0.05) is 106 Å². The number of carbonyl (C=O) groups excluding carboxylic acids is 3. The summed E-state index contributed by atoms with van der Waals surface area (Å²) < 4.78 is 144. The summed E-state index contributed by atoms with van der Waals surface area (Å²) in [6.45, 7) is 8.18. The van der Waals surface area contributed by atoms with Crippen LogP contribution in [0.3, 0.4) is 0 Å². The number of likely N-dealkylation sites (N-methyl/N-ethyl adjacent to an activating group) is 3. The molecule has 104 heavy (non-hydrogen) atoms. The number of amides is 3. The van der Waals surface area contributed by atoms with Gasteiger partial charge in [0.25, 0.3) is 26.3 Å². The molecule has 3 fully saturated rings. The molecular formula is C62H69BBr2Cl6F3N13O11S6. The molecule has 0 bridgehead atoms. The monoisotopic (exact) mass is 1800 g/mol. The van der Waals surface area contributed by atoms with Gasteiger partial charge in [0.1, 0.15) is 48.2 Å². The second kappa shape index (κ2) is 35.1. The topological polar surface area (TPSA) is 290 Å². The minimum Gasteiger partial charge on any atom is -0.399 e. The fraction of sp³-hybridized carbons (Fsp3) is 0.323. The summed E-state index contributed by atoms with van der Waals surface area (Å²) >= 11 is 45.8. The van der Waals surface area contributed by atoms with Crippen molar-refractivity contribution in [2.45, 2.75) is 98.2 Å². The molecule has 0 aliphatic carbocycles. The van der Waals surface area contributed by atoms with Crippen LogP contribution >= 0.6 is 135 Å². The summed E-state index contributed by atoms with van der Waals surface area (Å²) in [4.78, 5) is 40.1. The second-order valence-corrected chi connectivity index (χ2v) is 36.5. The van der Waals surface area contributed by atoms with E-state index in [0.29, 0.717) is 36.6 Å². The van der Waals surface area contributed by atoms with Crippen molar-refractivity contribution in [3.05, 3.63) is 178 Å². The molecule has 8 aromatic rings. The molecule has 0 saturated carbocycles. The lowest BCUT2D eigenvalue weighted by Crippen LogP contribution is -2.55. The van der Waals surface area contributed by atoms with Crippen molar-refractivity contribution in [1.29, 1.82) is 0 Å². The van der Waals surface area contributed by atoms with E-state index in [1.54, 1.807) is 53.2 Å². The first kappa shape index (κ1) is 87.9. The van der Waals surface area contributed by atoms with Crippen LogP contribution in [0.15, 0.2) is 123 Å². The van der Waals surface area contributed by atoms with E-state index in [4.69, 9.17) is 78.9 Å². The number of halogens is 11. The zero-order valence-electron chi connectivity index (χ0n) is 53.8. The molecule has 4 aliphatic rings. The highest BCUT2D eigenvalue weighted by molar-refractivity contribution is 9.11. The van der Waals surface area contributed by atoms with Crippen LogP contribution in [0, 0.1) is 17.5 Å². The van der Waals surface area contributed by atoms with E-state index < -0.39 is 90.0 Å². The second-order valence-electron chi connectivity index (χ2n) is 23.4. The lowest BCUT2D eigenvalue weighted by molar-refractivity contribution is -0.120. The van der Waals surface area contributed by atoms with Gasteiger partial charge in [-0.05, 0) is 151 Å². The highest BCUT2D eigenvalue weighted by atomic mass is 79.9. The third-order valence-electron chi connectivity index (χ3n) is 15.9. The summed E-state index contributed by atoms with van der Waals surface area (Å²) in [5.41, 5.74) is 2.60. The molecule has 3 saturated heterocycles. The Morgan fingerprint density at radius 3 is 1.42 bits per heavy atom. The molecule has 9 heterocycles. The van der Waals surface area contributed by atoms with Crippen LogP contribution in [0.5, 0.6) is 0 Å². The number of anilines is 3. The number of hydrogen-bond acceptors (Lipinski definition) is 16. The van der Waals surface area contributed by atoms with Crippen LogP contribution in [-0.2, 0) is 68.4 Å². The highest BCUT2D eigenvalue weighted by Crippen LogP contribution is 2.43. The largest absolute Gasteiger partial charge is 0.498 e. The number of aryl methyl sites for hydroxylation is 2. The van der Waals surface area contributed by atoms with Gasteiger partial charge in [0.05, 0.1) is 55.1 Å². The van der Waals surface area contributed by atoms with Crippen LogP contribution in [0.4, 0.5) is 30.2 Å². The van der Waals surface area contributed by atoms with Gasteiger partial charge in [-0.2, -0.15) is 53.5 Å². The van der Waals surface area contributed by atoms with Gasteiger partial charge in [-0.3, -0.25) is 23.7 Å². The first-order valence-corrected chi connectivity index (χ1v) is 39.7. The molecule has 3 aromatic carbocycles. The van der Waals surface area contributed by atoms with Crippen molar-refractivity contribution in [1.82, 2.24) is 41.9 Å². The molecule has 3 amide bonds. The van der Waals surface area contributed by atoms with Crippen LogP contribution in [0.2, 0.25) is 28.1 Å². The van der Waals surface area contributed by atoms with Gasteiger partial charge in [-0.1, -0.05) is 91.9 Å². The van der Waals surface area contributed by atoms with E-state index in [9.17, 15) is 52.8 Å². The normalized spacial score (nSPS) is 19.8. The molecule has 4 aliphatic heterocycles. The summed E-state index contributed by atoms with van der Waals surface area (Å²) in [5.74, 6) is -3.70. The minimum absolute atomic E-state index is 0.